The Morgan fingerprint density at radius 1 is 1.35 bits per heavy atom. The summed E-state index contributed by atoms with van der Waals surface area (Å²) in [4.78, 5) is 25.2. The lowest BCUT2D eigenvalue weighted by Crippen LogP contribution is -2.35. The van der Waals surface area contributed by atoms with Crippen molar-refractivity contribution in [3.8, 4) is 0 Å². The molecule has 1 aliphatic rings. The van der Waals surface area contributed by atoms with Gasteiger partial charge in [-0.05, 0) is 24.1 Å². The van der Waals surface area contributed by atoms with Crippen molar-refractivity contribution in [3.05, 3.63) is 35.1 Å². The van der Waals surface area contributed by atoms with Gasteiger partial charge in [0, 0.05) is 32.0 Å². The number of nitrogens with zero attached hydrogens (tertiary/aromatic N) is 1. The SMILES string of the molecule is CN(C)C(=O)C1CC(=O)c2cc(F)ccc2C1. The molecule has 1 atom stereocenters. The van der Waals surface area contributed by atoms with E-state index in [2.05, 4.69) is 0 Å². The molecule has 4 heteroatoms. The molecule has 1 aliphatic carbocycles. The van der Waals surface area contributed by atoms with Gasteiger partial charge in [-0.3, -0.25) is 9.59 Å². The fourth-order valence-electron chi connectivity index (χ4n) is 2.20. The van der Waals surface area contributed by atoms with Crippen molar-refractivity contribution >= 4 is 11.7 Å². The molecule has 90 valence electrons. The van der Waals surface area contributed by atoms with Gasteiger partial charge in [0.25, 0.3) is 0 Å². The van der Waals surface area contributed by atoms with Gasteiger partial charge in [-0.1, -0.05) is 6.07 Å². The van der Waals surface area contributed by atoms with Crippen LogP contribution in [0.5, 0.6) is 0 Å². The number of ketones is 1. The molecule has 2 rings (SSSR count). The van der Waals surface area contributed by atoms with Crippen molar-refractivity contribution in [1.29, 1.82) is 0 Å². The highest BCUT2D eigenvalue weighted by atomic mass is 19.1. The molecule has 0 N–H and O–H groups in total. The normalized spacial score (nSPS) is 18.8. The lowest BCUT2D eigenvalue weighted by atomic mass is 9.82. The molecule has 0 fully saturated rings. The van der Waals surface area contributed by atoms with Gasteiger partial charge in [0.2, 0.25) is 5.91 Å². The molecule has 0 saturated heterocycles. The van der Waals surface area contributed by atoms with Crippen LogP contribution < -0.4 is 0 Å². The summed E-state index contributed by atoms with van der Waals surface area (Å²) in [6.45, 7) is 0. The van der Waals surface area contributed by atoms with Gasteiger partial charge < -0.3 is 4.90 Å². The van der Waals surface area contributed by atoms with Crippen molar-refractivity contribution in [2.24, 2.45) is 5.92 Å². The highest BCUT2D eigenvalue weighted by molar-refractivity contribution is 6.01. The first kappa shape index (κ1) is 11.8. The number of rotatable bonds is 1. The number of carbonyl (C=O) groups is 2. The number of hydrogen-bond donors (Lipinski definition) is 0. The van der Waals surface area contributed by atoms with Crippen LogP contribution in [0.25, 0.3) is 0 Å². The molecule has 17 heavy (non-hydrogen) atoms. The predicted molar refractivity (Wildman–Crippen MR) is 61.2 cm³/mol. The van der Waals surface area contributed by atoms with Crippen molar-refractivity contribution in [1.82, 2.24) is 4.90 Å². The van der Waals surface area contributed by atoms with E-state index in [1.54, 1.807) is 20.2 Å². The molecule has 0 radical (unpaired) electrons. The summed E-state index contributed by atoms with van der Waals surface area (Å²) >= 11 is 0. The molecule has 1 amide bonds. The summed E-state index contributed by atoms with van der Waals surface area (Å²) in [6, 6.07) is 4.18. The minimum absolute atomic E-state index is 0.0478. The zero-order valence-corrected chi connectivity index (χ0v) is 9.87. The van der Waals surface area contributed by atoms with E-state index in [0.717, 1.165) is 5.56 Å². The summed E-state index contributed by atoms with van der Waals surface area (Å²) in [5.41, 5.74) is 1.19. The van der Waals surface area contributed by atoms with Crippen LogP contribution in [-0.4, -0.2) is 30.7 Å². The smallest absolute Gasteiger partial charge is 0.225 e. The Hall–Kier alpha value is -1.71. The maximum absolute atomic E-state index is 13.0. The second-order valence-corrected chi connectivity index (χ2v) is 4.56. The number of halogens is 1. The third-order valence-electron chi connectivity index (χ3n) is 3.06. The zero-order chi connectivity index (χ0) is 12.6. The number of carbonyl (C=O) groups excluding carboxylic acids is 2. The predicted octanol–water partition coefficient (Wildman–Crippen LogP) is 1.66. The van der Waals surface area contributed by atoms with Gasteiger partial charge in [-0.25, -0.2) is 4.39 Å². The topological polar surface area (TPSA) is 37.4 Å². The summed E-state index contributed by atoms with van der Waals surface area (Å²) in [5, 5.41) is 0. The van der Waals surface area contributed by atoms with Gasteiger partial charge in [0.15, 0.2) is 5.78 Å². The van der Waals surface area contributed by atoms with E-state index in [9.17, 15) is 14.0 Å². The van der Waals surface area contributed by atoms with Crippen LogP contribution in [-0.2, 0) is 11.2 Å². The summed E-state index contributed by atoms with van der Waals surface area (Å²) < 4.78 is 13.0. The van der Waals surface area contributed by atoms with Gasteiger partial charge in [0.1, 0.15) is 5.82 Å². The van der Waals surface area contributed by atoms with Crippen molar-refractivity contribution in [2.75, 3.05) is 14.1 Å². The van der Waals surface area contributed by atoms with Gasteiger partial charge in [-0.15, -0.1) is 0 Å². The van der Waals surface area contributed by atoms with E-state index < -0.39 is 5.82 Å². The molecule has 1 aromatic carbocycles. The number of benzene rings is 1. The first-order chi connectivity index (χ1) is 7.99. The number of amides is 1. The Morgan fingerprint density at radius 3 is 2.71 bits per heavy atom. The van der Waals surface area contributed by atoms with Crippen LogP contribution >= 0.6 is 0 Å². The van der Waals surface area contributed by atoms with Crippen LogP contribution in [0.15, 0.2) is 18.2 Å². The zero-order valence-electron chi connectivity index (χ0n) is 9.87. The molecule has 0 aliphatic heterocycles. The van der Waals surface area contributed by atoms with E-state index in [0.29, 0.717) is 12.0 Å². The molecule has 0 bridgehead atoms. The highest BCUT2D eigenvalue weighted by Gasteiger charge is 2.30. The second-order valence-electron chi connectivity index (χ2n) is 4.56. The number of hydrogen-bond acceptors (Lipinski definition) is 2. The van der Waals surface area contributed by atoms with E-state index in [-0.39, 0.29) is 24.0 Å². The van der Waals surface area contributed by atoms with Crippen molar-refractivity contribution in [2.45, 2.75) is 12.8 Å². The van der Waals surface area contributed by atoms with E-state index in [4.69, 9.17) is 0 Å². The molecule has 0 heterocycles. The summed E-state index contributed by atoms with van der Waals surface area (Å²) in [5.74, 6) is -0.913. The standard InChI is InChI=1S/C13H14FNO2/c1-15(2)13(17)9-5-8-3-4-10(14)7-11(8)12(16)6-9/h3-4,7,9H,5-6H2,1-2H3. The van der Waals surface area contributed by atoms with Crippen LogP contribution in [0.4, 0.5) is 4.39 Å². The summed E-state index contributed by atoms with van der Waals surface area (Å²) in [6.07, 6.45) is 0.686. The lowest BCUT2D eigenvalue weighted by molar-refractivity contribution is -0.132. The average Bonchev–Trinajstić information content (AvgIpc) is 2.28. The maximum atomic E-state index is 13.0. The first-order valence-electron chi connectivity index (χ1n) is 5.52. The molecule has 0 aromatic heterocycles. The molecule has 1 unspecified atom stereocenters. The van der Waals surface area contributed by atoms with Crippen LogP contribution in [0.3, 0.4) is 0 Å². The minimum Gasteiger partial charge on any atom is -0.349 e. The van der Waals surface area contributed by atoms with Crippen molar-refractivity contribution < 1.29 is 14.0 Å². The Labute approximate surface area is 99.2 Å². The monoisotopic (exact) mass is 235 g/mol. The first-order valence-corrected chi connectivity index (χ1v) is 5.52. The van der Waals surface area contributed by atoms with Crippen LogP contribution in [0.2, 0.25) is 0 Å². The molecule has 0 spiro atoms. The molecule has 0 saturated carbocycles. The number of fused-ring (bicyclic) bond motifs is 1. The molecular formula is C13H14FNO2. The Balaban J connectivity index is 2.31. The van der Waals surface area contributed by atoms with Crippen LogP contribution in [0, 0.1) is 11.7 Å². The molecule has 1 aromatic rings. The lowest BCUT2D eigenvalue weighted by Gasteiger charge is -2.25. The maximum Gasteiger partial charge on any atom is 0.225 e. The van der Waals surface area contributed by atoms with E-state index >= 15 is 0 Å². The third-order valence-corrected chi connectivity index (χ3v) is 3.06. The largest absolute Gasteiger partial charge is 0.349 e. The van der Waals surface area contributed by atoms with Crippen molar-refractivity contribution in [3.63, 3.8) is 0 Å². The van der Waals surface area contributed by atoms with Gasteiger partial charge in [0.05, 0.1) is 0 Å². The highest BCUT2D eigenvalue weighted by Crippen LogP contribution is 2.27. The Kier molecular flexibility index (Phi) is 2.96. The van der Waals surface area contributed by atoms with E-state index in [1.165, 1.54) is 17.0 Å². The quantitative estimate of drug-likeness (QED) is 0.742. The molecular weight excluding hydrogens is 221 g/mol. The van der Waals surface area contributed by atoms with Gasteiger partial charge >= 0.3 is 0 Å². The Bertz CT molecular complexity index is 482. The second kappa shape index (κ2) is 4.28. The van der Waals surface area contributed by atoms with Gasteiger partial charge in [-0.2, -0.15) is 0 Å². The third kappa shape index (κ3) is 2.20. The average molecular weight is 235 g/mol. The molecule has 3 nitrogen and oxygen atoms in total. The van der Waals surface area contributed by atoms with Crippen LogP contribution in [0.1, 0.15) is 22.3 Å². The number of Topliss-reactive ketones (excluding diaryl/α,β-unsaturated/α-hetero) is 1. The minimum atomic E-state index is -0.408. The summed E-state index contributed by atoms with van der Waals surface area (Å²) in [7, 11) is 3.35. The fraction of sp³-hybridized carbons (Fsp3) is 0.385. The van der Waals surface area contributed by atoms with E-state index in [1.807, 2.05) is 0 Å². The fourth-order valence-corrected chi connectivity index (χ4v) is 2.20. The Morgan fingerprint density at radius 2 is 2.06 bits per heavy atom.